The number of benzene rings is 2. The minimum Gasteiger partial charge on any atom is -0.305 e. The maximum absolute atomic E-state index is 13.1. The van der Waals surface area contributed by atoms with E-state index < -0.39 is 11.6 Å². The van der Waals surface area contributed by atoms with E-state index >= 15 is 0 Å². The van der Waals surface area contributed by atoms with Crippen molar-refractivity contribution in [3.8, 4) is 12.3 Å². The van der Waals surface area contributed by atoms with Gasteiger partial charge in [-0.25, -0.2) is 8.78 Å². The molecule has 0 heterocycles. The Morgan fingerprint density at radius 2 is 1.80 bits per heavy atom. The molecule has 0 amide bonds. The van der Waals surface area contributed by atoms with Crippen molar-refractivity contribution in [3.05, 3.63) is 71.3 Å². The van der Waals surface area contributed by atoms with Crippen LogP contribution in [0.5, 0.6) is 0 Å². The normalized spacial score (nSPS) is 11.8. The third-order valence-corrected chi connectivity index (χ3v) is 3.06. The average molecular weight is 271 g/mol. The van der Waals surface area contributed by atoms with Gasteiger partial charge in [0.25, 0.3) is 0 Å². The molecule has 3 heteroatoms. The summed E-state index contributed by atoms with van der Waals surface area (Å²) in [5, 5.41) is 3.27. The summed E-state index contributed by atoms with van der Waals surface area (Å²) < 4.78 is 26.0. The molecule has 0 saturated heterocycles. The summed E-state index contributed by atoms with van der Waals surface area (Å²) in [4.78, 5) is 0. The second-order valence-corrected chi connectivity index (χ2v) is 4.50. The Hall–Kier alpha value is -2.18. The lowest BCUT2D eigenvalue weighted by Crippen LogP contribution is -2.20. The SMILES string of the molecule is C#CCC(NCc1ccc(F)c(F)c1)c1ccccc1. The van der Waals surface area contributed by atoms with Gasteiger partial charge in [0.2, 0.25) is 0 Å². The van der Waals surface area contributed by atoms with E-state index in [1.807, 2.05) is 30.3 Å². The molecule has 1 N–H and O–H groups in total. The van der Waals surface area contributed by atoms with Crippen LogP contribution in [0.25, 0.3) is 0 Å². The van der Waals surface area contributed by atoms with Gasteiger partial charge < -0.3 is 5.32 Å². The van der Waals surface area contributed by atoms with Gasteiger partial charge in [0.05, 0.1) is 0 Å². The molecule has 0 saturated carbocycles. The summed E-state index contributed by atoms with van der Waals surface area (Å²) in [6.45, 7) is 0.429. The zero-order valence-corrected chi connectivity index (χ0v) is 10.9. The molecule has 0 aromatic heterocycles. The Kier molecular flexibility index (Phi) is 4.86. The molecule has 20 heavy (non-hydrogen) atoms. The van der Waals surface area contributed by atoms with Crippen LogP contribution in [0.15, 0.2) is 48.5 Å². The number of hydrogen-bond donors (Lipinski definition) is 1. The highest BCUT2D eigenvalue weighted by molar-refractivity contribution is 5.22. The van der Waals surface area contributed by atoms with E-state index in [0.29, 0.717) is 18.5 Å². The van der Waals surface area contributed by atoms with Gasteiger partial charge in [-0.3, -0.25) is 0 Å². The standard InChI is InChI=1S/C17H15F2N/c1-2-6-17(14-7-4-3-5-8-14)20-12-13-9-10-15(18)16(19)11-13/h1,3-5,7-11,17,20H,6,12H2. The van der Waals surface area contributed by atoms with Gasteiger partial charge in [0.15, 0.2) is 11.6 Å². The van der Waals surface area contributed by atoms with Crippen LogP contribution in [-0.4, -0.2) is 0 Å². The second kappa shape index (κ2) is 6.83. The Morgan fingerprint density at radius 1 is 1.05 bits per heavy atom. The lowest BCUT2D eigenvalue weighted by atomic mass is 10.0. The van der Waals surface area contributed by atoms with E-state index in [-0.39, 0.29) is 6.04 Å². The number of halogens is 2. The van der Waals surface area contributed by atoms with E-state index in [1.165, 1.54) is 6.07 Å². The van der Waals surface area contributed by atoms with Gasteiger partial charge in [-0.1, -0.05) is 36.4 Å². The van der Waals surface area contributed by atoms with E-state index in [2.05, 4.69) is 11.2 Å². The molecule has 1 atom stereocenters. The first-order valence-electron chi connectivity index (χ1n) is 6.36. The molecule has 0 aliphatic heterocycles. The van der Waals surface area contributed by atoms with Crippen LogP contribution in [0, 0.1) is 24.0 Å². The molecule has 2 aromatic rings. The van der Waals surface area contributed by atoms with Crippen molar-refractivity contribution in [2.75, 3.05) is 0 Å². The van der Waals surface area contributed by atoms with Gasteiger partial charge >= 0.3 is 0 Å². The number of nitrogens with one attached hydrogen (secondary N) is 1. The van der Waals surface area contributed by atoms with Crippen molar-refractivity contribution >= 4 is 0 Å². The van der Waals surface area contributed by atoms with Crippen molar-refractivity contribution in [1.29, 1.82) is 0 Å². The van der Waals surface area contributed by atoms with Crippen molar-refractivity contribution in [1.82, 2.24) is 5.32 Å². The quantitative estimate of drug-likeness (QED) is 0.815. The zero-order chi connectivity index (χ0) is 14.4. The van der Waals surface area contributed by atoms with E-state index in [0.717, 1.165) is 11.6 Å². The molecule has 1 unspecified atom stereocenters. The first-order valence-corrected chi connectivity index (χ1v) is 6.36. The number of hydrogen-bond acceptors (Lipinski definition) is 1. The van der Waals surface area contributed by atoms with Crippen LogP contribution in [0.3, 0.4) is 0 Å². The van der Waals surface area contributed by atoms with Crippen LogP contribution in [0.2, 0.25) is 0 Å². The van der Waals surface area contributed by atoms with Crippen molar-refractivity contribution in [3.63, 3.8) is 0 Å². The summed E-state index contributed by atoms with van der Waals surface area (Å²) in [5.74, 6) is 0.955. The monoisotopic (exact) mass is 271 g/mol. The highest BCUT2D eigenvalue weighted by Crippen LogP contribution is 2.17. The Labute approximate surface area is 117 Å². The first-order chi connectivity index (χ1) is 9.70. The van der Waals surface area contributed by atoms with Crippen LogP contribution >= 0.6 is 0 Å². The fourth-order valence-electron chi connectivity index (χ4n) is 2.00. The van der Waals surface area contributed by atoms with Gasteiger partial charge in [-0.15, -0.1) is 12.3 Å². The predicted molar refractivity (Wildman–Crippen MR) is 75.8 cm³/mol. The molecule has 0 spiro atoms. The molecule has 0 bridgehead atoms. The highest BCUT2D eigenvalue weighted by atomic mass is 19.2. The third kappa shape index (κ3) is 3.66. The largest absolute Gasteiger partial charge is 0.305 e. The van der Waals surface area contributed by atoms with Crippen molar-refractivity contribution < 1.29 is 8.78 Å². The Bertz CT molecular complexity index is 602. The van der Waals surface area contributed by atoms with Gasteiger partial charge in [0, 0.05) is 19.0 Å². The predicted octanol–water partition coefficient (Wildman–Crippen LogP) is 3.82. The third-order valence-electron chi connectivity index (χ3n) is 3.06. The molecular formula is C17H15F2N. The summed E-state index contributed by atoms with van der Waals surface area (Å²) in [7, 11) is 0. The van der Waals surface area contributed by atoms with E-state index in [9.17, 15) is 8.78 Å². The topological polar surface area (TPSA) is 12.0 Å². The van der Waals surface area contributed by atoms with Crippen LogP contribution in [0.4, 0.5) is 8.78 Å². The zero-order valence-electron chi connectivity index (χ0n) is 10.9. The Morgan fingerprint density at radius 3 is 2.45 bits per heavy atom. The van der Waals surface area contributed by atoms with Crippen molar-refractivity contribution in [2.24, 2.45) is 0 Å². The fourth-order valence-corrected chi connectivity index (χ4v) is 2.00. The second-order valence-electron chi connectivity index (χ2n) is 4.50. The molecule has 0 aliphatic rings. The molecule has 102 valence electrons. The lowest BCUT2D eigenvalue weighted by molar-refractivity contribution is 0.502. The van der Waals surface area contributed by atoms with Crippen LogP contribution in [-0.2, 0) is 6.54 Å². The maximum Gasteiger partial charge on any atom is 0.159 e. The molecular weight excluding hydrogens is 256 g/mol. The maximum atomic E-state index is 13.1. The lowest BCUT2D eigenvalue weighted by Gasteiger charge is -2.17. The minimum absolute atomic E-state index is 0.00526. The smallest absolute Gasteiger partial charge is 0.159 e. The summed E-state index contributed by atoms with van der Waals surface area (Å²) in [6.07, 6.45) is 5.92. The van der Waals surface area contributed by atoms with Gasteiger partial charge in [0.1, 0.15) is 0 Å². The van der Waals surface area contributed by atoms with Gasteiger partial charge in [-0.05, 0) is 23.3 Å². The van der Waals surface area contributed by atoms with E-state index in [1.54, 1.807) is 6.07 Å². The molecule has 1 nitrogen and oxygen atoms in total. The molecule has 2 aromatic carbocycles. The number of rotatable bonds is 5. The minimum atomic E-state index is -0.836. The van der Waals surface area contributed by atoms with E-state index in [4.69, 9.17) is 6.42 Å². The first kappa shape index (κ1) is 14.2. The van der Waals surface area contributed by atoms with Gasteiger partial charge in [-0.2, -0.15) is 0 Å². The summed E-state index contributed by atoms with van der Waals surface area (Å²) >= 11 is 0. The molecule has 2 rings (SSSR count). The summed E-state index contributed by atoms with van der Waals surface area (Å²) in [5.41, 5.74) is 1.76. The van der Waals surface area contributed by atoms with Crippen LogP contribution < -0.4 is 5.32 Å². The molecule has 0 fully saturated rings. The number of terminal acetylenes is 1. The van der Waals surface area contributed by atoms with Crippen LogP contribution in [0.1, 0.15) is 23.6 Å². The fraction of sp³-hybridized carbons (Fsp3) is 0.176. The summed E-state index contributed by atoms with van der Waals surface area (Å²) in [6, 6.07) is 13.7. The van der Waals surface area contributed by atoms with Crippen molar-refractivity contribution in [2.45, 2.75) is 19.0 Å². The molecule has 0 radical (unpaired) electrons. The average Bonchev–Trinajstić information content (AvgIpc) is 2.48. The molecule has 0 aliphatic carbocycles. The Balaban J connectivity index is 2.06. The highest BCUT2D eigenvalue weighted by Gasteiger charge is 2.10.